The Morgan fingerprint density at radius 2 is 1.44 bits per heavy atom. The Balaban J connectivity index is 1.66. The number of aromatic hydroxyl groups is 1. The normalized spacial score (nSPS) is 17.8. The summed E-state index contributed by atoms with van der Waals surface area (Å²) in [4.78, 5) is 0. The van der Waals surface area contributed by atoms with Crippen molar-refractivity contribution < 1.29 is 15.3 Å². The summed E-state index contributed by atoms with van der Waals surface area (Å²) < 4.78 is 0.0348. The summed E-state index contributed by atoms with van der Waals surface area (Å²) in [5, 5.41) is 30.8. The summed E-state index contributed by atoms with van der Waals surface area (Å²) in [6, 6.07) is 7.49. The van der Waals surface area contributed by atoms with Crippen LogP contribution in [0.15, 0.2) is 24.3 Å². The van der Waals surface area contributed by atoms with Gasteiger partial charge in [0.2, 0.25) is 0 Å². The lowest BCUT2D eigenvalue weighted by Crippen LogP contribution is -2.32. The fourth-order valence-electron chi connectivity index (χ4n) is 4.54. The Labute approximate surface area is 205 Å². The standard InChI is InChI=1S/C27H46O3S2/c1-2-3-4-5-6-7-8-9-10-12-25(29)21-26(30)22-27(31-19-11-20-32-27)18-17-23-13-15-24(28)16-14-23/h13-16,25-26,28-30H,2-12,17-22H2,1H3/t25-,26-/m1/s1. The van der Waals surface area contributed by atoms with Crippen LogP contribution in [0, 0.1) is 0 Å². The maximum atomic E-state index is 10.8. The van der Waals surface area contributed by atoms with E-state index in [2.05, 4.69) is 6.92 Å². The van der Waals surface area contributed by atoms with Gasteiger partial charge in [0.05, 0.1) is 16.3 Å². The van der Waals surface area contributed by atoms with E-state index in [1.54, 1.807) is 12.1 Å². The van der Waals surface area contributed by atoms with Crippen molar-refractivity contribution in [3.8, 4) is 5.75 Å². The van der Waals surface area contributed by atoms with Gasteiger partial charge < -0.3 is 15.3 Å². The number of aliphatic hydroxyl groups excluding tert-OH is 2. The van der Waals surface area contributed by atoms with Crippen molar-refractivity contribution in [2.45, 2.75) is 120 Å². The molecule has 0 bridgehead atoms. The summed E-state index contributed by atoms with van der Waals surface area (Å²) in [6.07, 6.45) is 16.0. The second-order valence-electron chi connectivity index (χ2n) is 9.49. The van der Waals surface area contributed by atoms with Gasteiger partial charge in [-0.25, -0.2) is 0 Å². The van der Waals surface area contributed by atoms with Gasteiger partial charge in [0.25, 0.3) is 0 Å². The first-order valence-electron chi connectivity index (χ1n) is 12.9. The minimum atomic E-state index is -0.443. The van der Waals surface area contributed by atoms with E-state index in [0.29, 0.717) is 12.2 Å². The predicted molar refractivity (Wildman–Crippen MR) is 142 cm³/mol. The molecule has 1 aromatic rings. The first-order chi connectivity index (χ1) is 15.5. The highest BCUT2D eigenvalue weighted by atomic mass is 32.2. The molecule has 0 amide bonds. The summed E-state index contributed by atoms with van der Waals surface area (Å²) in [5.41, 5.74) is 1.23. The molecule has 5 heteroatoms. The Hall–Kier alpha value is -0.360. The van der Waals surface area contributed by atoms with Crippen LogP contribution in [0.25, 0.3) is 0 Å². The number of aryl methyl sites for hydroxylation is 1. The molecule has 0 radical (unpaired) electrons. The lowest BCUT2D eigenvalue weighted by atomic mass is 9.98. The number of unbranched alkanes of at least 4 members (excludes halogenated alkanes) is 8. The third-order valence-electron chi connectivity index (χ3n) is 6.48. The number of phenolic OH excluding ortho intramolecular Hbond substituents is 1. The van der Waals surface area contributed by atoms with E-state index in [4.69, 9.17) is 0 Å². The van der Waals surface area contributed by atoms with E-state index >= 15 is 0 Å². The van der Waals surface area contributed by atoms with Crippen LogP contribution < -0.4 is 0 Å². The molecule has 3 N–H and O–H groups in total. The average molecular weight is 483 g/mol. The largest absolute Gasteiger partial charge is 0.508 e. The number of aliphatic hydroxyl groups is 2. The van der Waals surface area contributed by atoms with E-state index < -0.39 is 6.10 Å². The average Bonchev–Trinajstić information content (AvgIpc) is 2.78. The van der Waals surface area contributed by atoms with E-state index in [-0.39, 0.29) is 10.2 Å². The van der Waals surface area contributed by atoms with Gasteiger partial charge in [0, 0.05) is 0 Å². The van der Waals surface area contributed by atoms with Gasteiger partial charge in [-0.05, 0) is 67.7 Å². The van der Waals surface area contributed by atoms with Gasteiger partial charge in [0.1, 0.15) is 5.75 Å². The second-order valence-corrected chi connectivity index (χ2v) is 12.7. The van der Waals surface area contributed by atoms with Crippen molar-refractivity contribution in [2.75, 3.05) is 11.5 Å². The van der Waals surface area contributed by atoms with Crippen LogP contribution in [0.1, 0.15) is 102 Å². The topological polar surface area (TPSA) is 60.7 Å². The van der Waals surface area contributed by atoms with Crippen molar-refractivity contribution in [1.82, 2.24) is 0 Å². The molecule has 2 rings (SSSR count). The predicted octanol–water partition coefficient (Wildman–Crippen LogP) is 7.31. The minimum Gasteiger partial charge on any atom is -0.508 e. The van der Waals surface area contributed by atoms with Crippen molar-refractivity contribution in [3.05, 3.63) is 29.8 Å². The summed E-state index contributed by atoms with van der Waals surface area (Å²) in [5.74, 6) is 2.60. The number of phenols is 1. The van der Waals surface area contributed by atoms with Crippen LogP contribution in [0.4, 0.5) is 0 Å². The van der Waals surface area contributed by atoms with Gasteiger partial charge in [-0.3, -0.25) is 0 Å². The fourth-order valence-corrected chi connectivity index (χ4v) is 7.99. The lowest BCUT2D eigenvalue weighted by molar-refractivity contribution is 0.0675. The number of hydrogen-bond donors (Lipinski definition) is 3. The molecule has 1 aromatic carbocycles. The van der Waals surface area contributed by atoms with Crippen LogP contribution >= 0.6 is 23.5 Å². The molecule has 1 aliphatic heterocycles. The van der Waals surface area contributed by atoms with Crippen molar-refractivity contribution >= 4 is 23.5 Å². The zero-order valence-electron chi connectivity index (χ0n) is 20.1. The number of hydrogen-bond acceptors (Lipinski definition) is 5. The molecule has 184 valence electrons. The molecule has 1 aliphatic rings. The van der Waals surface area contributed by atoms with Crippen molar-refractivity contribution in [3.63, 3.8) is 0 Å². The minimum absolute atomic E-state index is 0.0348. The molecular formula is C27H46O3S2. The Bertz CT molecular complexity index is 587. The van der Waals surface area contributed by atoms with Crippen LogP contribution in [0.2, 0.25) is 0 Å². The summed E-state index contributed by atoms with van der Waals surface area (Å²) >= 11 is 3.99. The Morgan fingerprint density at radius 1 is 0.844 bits per heavy atom. The number of rotatable bonds is 17. The molecule has 1 heterocycles. The Morgan fingerprint density at radius 3 is 2.06 bits per heavy atom. The van der Waals surface area contributed by atoms with Crippen LogP contribution in [0.5, 0.6) is 5.75 Å². The molecule has 0 aromatic heterocycles. The highest BCUT2D eigenvalue weighted by Crippen LogP contribution is 2.49. The molecule has 32 heavy (non-hydrogen) atoms. The van der Waals surface area contributed by atoms with Gasteiger partial charge >= 0.3 is 0 Å². The number of benzene rings is 1. The summed E-state index contributed by atoms with van der Waals surface area (Å²) in [7, 11) is 0. The zero-order chi connectivity index (χ0) is 23.1. The smallest absolute Gasteiger partial charge is 0.115 e. The fraction of sp³-hybridized carbons (Fsp3) is 0.778. The number of thioether (sulfide) groups is 2. The molecule has 0 saturated carbocycles. The van der Waals surface area contributed by atoms with Crippen LogP contribution in [-0.4, -0.2) is 43.1 Å². The van der Waals surface area contributed by atoms with E-state index in [0.717, 1.165) is 43.6 Å². The van der Waals surface area contributed by atoms with Gasteiger partial charge in [-0.2, -0.15) is 0 Å². The highest BCUT2D eigenvalue weighted by molar-refractivity contribution is 8.18. The van der Waals surface area contributed by atoms with E-state index in [9.17, 15) is 15.3 Å². The Kier molecular flexibility index (Phi) is 14.2. The zero-order valence-corrected chi connectivity index (χ0v) is 21.8. The maximum Gasteiger partial charge on any atom is 0.115 e. The van der Waals surface area contributed by atoms with Gasteiger partial charge in [-0.1, -0.05) is 76.8 Å². The monoisotopic (exact) mass is 482 g/mol. The van der Waals surface area contributed by atoms with Gasteiger partial charge in [-0.15, -0.1) is 23.5 Å². The molecule has 0 spiro atoms. The first-order valence-corrected chi connectivity index (χ1v) is 14.9. The third-order valence-corrected chi connectivity index (χ3v) is 9.97. The molecule has 1 saturated heterocycles. The summed E-state index contributed by atoms with van der Waals surface area (Å²) in [6.45, 7) is 2.26. The third kappa shape index (κ3) is 11.7. The molecule has 3 nitrogen and oxygen atoms in total. The van der Waals surface area contributed by atoms with Crippen molar-refractivity contribution in [2.24, 2.45) is 0 Å². The molecule has 2 atom stereocenters. The molecule has 1 fully saturated rings. The SMILES string of the molecule is CCCCCCCCCCC[C@@H](O)C[C@@H](O)CC1(CCc2ccc(O)cc2)SCCCS1. The van der Waals surface area contributed by atoms with Gasteiger partial charge in [0.15, 0.2) is 0 Å². The molecule has 0 unspecified atom stereocenters. The molecule has 0 aliphatic carbocycles. The highest BCUT2D eigenvalue weighted by Gasteiger charge is 2.36. The second kappa shape index (κ2) is 16.3. The van der Waals surface area contributed by atoms with Crippen LogP contribution in [0.3, 0.4) is 0 Å². The van der Waals surface area contributed by atoms with E-state index in [1.165, 1.54) is 63.4 Å². The quantitative estimate of drug-likeness (QED) is 0.203. The van der Waals surface area contributed by atoms with Crippen molar-refractivity contribution in [1.29, 1.82) is 0 Å². The lowest BCUT2D eigenvalue weighted by Gasteiger charge is -2.38. The van der Waals surface area contributed by atoms with Crippen LogP contribution in [-0.2, 0) is 6.42 Å². The van der Waals surface area contributed by atoms with E-state index in [1.807, 2.05) is 35.7 Å². The first kappa shape index (κ1) is 27.9. The maximum absolute atomic E-state index is 10.8. The molecular weight excluding hydrogens is 436 g/mol.